The second-order valence-corrected chi connectivity index (χ2v) is 16.1. The van der Waals surface area contributed by atoms with Gasteiger partial charge < -0.3 is 14.0 Å². The van der Waals surface area contributed by atoms with Gasteiger partial charge in [-0.3, -0.25) is 0 Å². The van der Waals surface area contributed by atoms with Crippen molar-refractivity contribution in [1.82, 2.24) is 9.13 Å². The monoisotopic (exact) mass is 733 g/mol. The molecule has 0 N–H and O–H groups in total. The minimum atomic E-state index is 0.338. The minimum absolute atomic E-state index is 0.338. The number of allylic oxidation sites excluding steroid dienone is 2. The highest BCUT2D eigenvalue weighted by Crippen LogP contribution is 2.50. The lowest BCUT2D eigenvalue weighted by Gasteiger charge is -2.30. The Morgan fingerprint density at radius 2 is 1.09 bits per heavy atom. The van der Waals surface area contributed by atoms with Gasteiger partial charge in [-0.2, -0.15) is 0 Å². The minimum Gasteiger partial charge on any atom is -0.311 e. The first-order valence-electron chi connectivity index (χ1n) is 19.3. The maximum Gasteiger partial charge on any atom is 0.0547 e. The van der Waals surface area contributed by atoms with Gasteiger partial charge in [0.2, 0.25) is 0 Å². The molecule has 1 aliphatic carbocycles. The van der Waals surface area contributed by atoms with Gasteiger partial charge in [0.1, 0.15) is 0 Å². The van der Waals surface area contributed by atoms with Crippen molar-refractivity contribution in [2.75, 3.05) is 4.90 Å². The Hall–Kier alpha value is -6.75. The molecule has 0 amide bonds. The van der Waals surface area contributed by atoms with Crippen molar-refractivity contribution < 1.29 is 0 Å². The first-order chi connectivity index (χ1) is 27.8. The fraction of sp³-hybridized carbons (Fsp3) is 0.0385. The van der Waals surface area contributed by atoms with Gasteiger partial charge in [-0.25, -0.2) is 0 Å². The van der Waals surface area contributed by atoms with E-state index in [2.05, 4.69) is 214 Å². The van der Waals surface area contributed by atoms with Crippen molar-refractivity contribution >= 4 is 77.5 Å². The lowest BCUT2D eigenvalue weighted by Crippen LogP contribution is -2.20. The zero-order chi connectivity index (χ0) is 36.7. The molecule has 2 unspecified atom stereocenters. The summed E-state index contributed by atoms with van der Waals surface area (Å²) < 4.78 is 4.81. The van der Waals surface area contributed by atoms with E-state index in [1.54, 1.807) is 0 Å². The SMILES string of the molecule is C1=CC2c3ccccc3SC2C=C1N(c1ccc(-n2c3ccccc3c3c4ccccc4ccc32)cc1)c1ccc2c(c1)c1ccccc1n2-c1ccccc1. The van der Waals surface area contributed by atoms with Crippen LogP contribution in [0, 0.1) is 0 Å². The van der Waals surface area contributed by atoms with E-state index in [0.29, 0.717) is 11.2 Å². The summed E-state index contributed by atoms with van der Waals surface area (Å²) in [5, 5.41) is 7.94. The van der Waals surface area contributed by atoms with Crippen molar-refractivity contribution in [3.63, 3.8) is 0 Å². The molecular formula is C52H35N3S. The predicted octanol–water partition coefficient (Wildman–Crippen LogP) is 13.9. The van der Waals surface area contributed by atoms with Crippen LogP contribution in [0.1, 0.15) is 11.5 Å². The van der Waals surface area contributed by atoms with E-state index in [9.17, 15) is 0 Å². The highest BCUT2D eigenvalue weighted by molar-refractivity contribution is 8.00. The molecule has 3 nitrogen and oxygen atoms in total. The number of anilines is 2. The van der Waals surface area contributed by atoms with Gasteiger partial charge in [-0.1, -0.05) is 109 Å². The summed E-state index contributed by atoms with van der Waals surface area (Å²) in [4.78, 5) is 3.84. The number of aromatic nitrogens is 2. The number of thioether (sulfide) groups is 1. The second-order valence-electron chi connectivity index (χ2n) is 14.9. The summed E-state index contributed by atoms with van der Waals surface area (Å²) in [5.41, 5.74) is 12.0. The van der Waals surface area contributed by atoms with Crippen LogP contribution in [-0.4, -0.2) is 14.4 Å². The van der Waals surface area contributed by atoms with E-state index in [1.807, 2.05) is 11.8 Å². The van der Waals surface area contributed by atoms with Crippen LogP contribution in [0.2, 0.25) is 0 Å². The van der Waals surface area contributed by atoms with Crippen molar-refractivity contribution in [3.05, 3.63) is 211 Å². The molecule has 56 heavy (non-hydrogen) atoms. The number of nitrogens with zero attached hydrogens (tertiary/aromatic N) is 3. The maximum atomic E-state index is 2.48. The molecule has 2 atom stereocenters. The zero-order valence-corrected chi connectivity index (χ0v) is 31.3. The molecule has 8 aromatic carbocycles. The van der Waals surface area contributed by atoms with Gasteiger partial charge in [-0.15, -0.1) is 11.8 Å². The number of hydrogen-bond acceptors (Lipinski definition) is 2. The van der Waals surface area contributed by atoms with Crippen LogP contribution in [0.25, 0.3) is 65.8 Å². The number of para-hydroxylation sites is 3. The highest BCUT2D eigenvalue weighted by Gasteiger charge is 2.33. The molecule has 3 heterocycles. The molecule has 10 aromatic rings. The summed E-state index contributed by atoms with van der Waals surface area (Å²) in [5.74, 6) is 0.377. The van der Waals surface area contributed by atoms with Crippen LogP contribution in [0.5, 0.6) is 0 Å². The van der Waals surface area contributed by atoms with Gasteiger partial charge in [0, 0.05) is 66.1 Å². The molecule has 2 aliphatic rings. The summed E-state index contributed by atoms with van der Waals surface area (Å²) >= 11 is 1.98. The average molecular weight is 734 g/mol. The third-order valence-corrected chi connectivity index (χ3v) is 13.1. The quantitative estimate of drug-likeness (QED) is 0.175. The largest absolute Gasteiger partial charge is 0.311 e. The molecule has 0 bridgehead atoms. The smallest absolute Gasteiger partial charge is 0.0547 e. The van der Waals surface area contributed by atoms with E-state index >= 15 is 0 Å². The molecule has 4 heteroatoms. The van der Waals surface area contributed by atoms with Crippen LogP contribution in [-0.2, 0) is 0 Å². The van der Waals surface area contributed by atoms with Gasteiger partial charge in [0.05, 0.1) is 22.1 Å². The topological polar surface area (TPSA) is 13.1 Å². The van der Waals surface area contributed by atoms with Crippen molar-refractivity contribution in [1.29, 1.82) is 0 Å². The highest BCUT2D eigenvalue weighted by atomic mass is 32.2. The fourth-order valence-corrected chi connectivity index (χ4v) is 10.7. The van der Waals surface area contributed by atoms with Gasteiger partial charge in [0.25, 0.3) is 0 Å². The molecule has 12 rings (SSSR count). The fourth-order valence-electron chi connectivity index (χ4n) is 9.36. The average Bonchev–Trinajstić information content (AvgIpc) is 3.92. The van der Waals surface area contributed by atoms with Crippen LogP contribution in [0.3, 0.4) is 0 Å². The van der Waals surface area contributed by atoms with Crippen LogP contribution < -0.4 is 4.90 Å². The van der Waals surface area contributed by atoms with Crippen LogP contribution in [0.4, 0.5) is 11.4 Å². The second kappa shape index (κ2) is 12.4. The molecule has 2 aromatic heterocycles. The summed E-state index contributed by atoms with van der Waals surface area (Å²) in [7, 11) is 0. The van der Waals surface area contributed by atoms with Crippen molar-refractivity contribution in [3.8, 4) is 11.4 Å². The molecule has 0 spiro atoms. The van der Waals surface area contributed by atoms with Crippen LogP contribution in [0.15, 0.2) is 211 Å². The standard InChI is InChI=1S/C52H35N3S/c1-2-13-35(14-3-1)54-46-19-9-6-16-41(46)45-32-38(28-31-48(45)54)53(39-27-29-43-42-17-8-11-21-50(42)56-51(43)33-39)36-23-25-37(26-24-36)55-47-20-10-7-18-44(47)52-40-15-5-4-12-34(40)22-30-49(52)55/h1-33,43,51H. The van der Waals surface area contributed by atoms with Crippen molar-refractivity contribution in [2.24, 2.45) is 0 Å². The number of benzene rings is 8. The molecule has 0 saturated heterocycles. The van der Waals surface area contributed by atoms with Crippen LogP contribution >= 0.6 is 11.8 Å². The Kier molecular flexibility index (Phi) is 6.99. The molecule has 0 radical (unpaired) electrons. The molecule has 0 fully saturated rings. The zero-order valence-electron chi connectivity index (χ0n) is 30.5. The molecule has 264 valence electrons. The number of fused-ring (bicyclic) bond motifs is 11. The Bertz CT molecular complexity index is 3240. The number of rotatable bonds is 5. The van der Waals surface area contributed by atoms with Gasteiger partial charge >= 0.3 is 0 Å². The lowest BCUT2D eigenvalue weighted by atomic mass is 9.91. The summed E-state index contributed by atoms with van der Waals surface area (Å²) in [6.45, 7) is 0. The first kappa shape index (κ1) is 31.6. The summed E-state index contributed by atoms with van der Waals surface area (Å²) in [6.07, 6.45) is 7.24. The Morgan fingerprint density at radius 1 is 0.464 bits per heavy atom. The van der Waals surface area contributed by atoms with Gasteiger partial charge in [0.15, 0.2) is 0 Å². The van der Waals surface area contributed by atoms with Crippen molar-refractivity contribution in [2.45, 2.75) is 16.1 Å². The predicted molar refractivity (Wildman–Crippen MR) is 237 cm³/mol. The van der Waals surface area contributed by atoms with E-state index < -0.39 is 0 Å². The Labute approximate surface area is 329 Å². The maximum absolute atomic E-state index is 2.48. The summed E-state index contributed by atoms with van der Waals surface area (Å²) in [6, 6.07) is 66.6. The lowest BCUT2D eigenvalue weighted by molar-refractivity contribution is 0.866. The number of hydrogen-bond donors (Lipinski definition) is 0. The third kappa shape index (κ3) is 4.73. The van der Waals surface area contributed by atoms with E-state index in [4.69, 9.17) is 0 Å². The molecular weight excluding hydrogens is 699 g/mol. The van der Waals surface area contributed by atoms with E-state index in [-0.39, 0.29) is 0 Å². The molecule has 1 aliphatic heterocycles. The Balaban J connectivity index is 1.03. The third-order valence-electron chi connectivity index (χ3n) is 11.8. The van der Waals surface area contributed by atoms with E-state index in [1.165, 1.54) is 76.2 Å². The van der Waals surface area contributed by atoms with Gasteiger partial charge in [-0.05, 0) is 107 Å². The molecule has 0 saturated carbocycles. The first-order valence-corrected chi connectivity index (χ1v) is 20.2. The van der Waals surface area contributed by atoms with E-state index in [0.717, 1.165) is 17.1 Å². The normalized spacial score (nSPS) is 16.2. The Morgan fingerprint density at radius 3 is 1.95 bits per heavy atom.